The molecule has 1 aliphatic heterocycles. The molecule has 1 N–H and O–H groups in total. The molecule has 0 aromatic rings. The minimum atomic E-state index is -0.387. The summed E-state index contributed by atoms with van der Waals surface area (Å²) in [6.07, 6.45) is 3.49. The molecule has 1 fully saturated rings. The Kier molecular flexibility index (Phi) is 7.82. The number of β-amino-alcohol motifs (C(OH)–C–C–N with tert-alkyl or cyclic N) is 1. The first-order chi connectivity index (χ1) is 8.65. The van der Waals surface area contributed by atoms with Crippen LogP contribution in [0.25, 0.3) is 0 Å². The van der Waals surface area contributed by atoms with E-state index in [-0.39, 0.29) is 12.2 Å². The number of methoxy groups -OCH3 is 1. The Hall–Kier alpha value is -0.160. The number of piperidine rings is 1. The Morgan fingerprint density at radius 2 is 1.94 bits per heavy atom. The lowest BCUT2D eigenvalue weighted by atomic mass is 9.94. The molecule has 108 valence electrons. The summed E-state index contributed by atoms with van der Waals surface area (Å²) in [6.45, 7) is 8.17. The van der Waals surface area contributed by atoms with E-state index in [0.717, 1.165) is 25.6 Å². The first kappa shape index (κ1) is 15.9. The molecule has 2 unspecified atom stereocenters. The second kappa shape index (κ2) is 8.86. The van der Waals surface area contributed by atoms with Gasteiger partial charge in [-0.1, -0.05) is 13.3 Å². The van der Waals surface area contributed by atoms with Gasteiger partial charge in [-0.25, -0.2) is 0 Å². The molecule has 0 radical (unpaired) electrons. The van der Waals surface area contributed by atoms with E-state index in [1.165, 1.54) is 19.3 Å². The fraction of sp³-hybridized carbons (Fsp3) is 1.00. The maximum atomic E-state index is 9.93. The van der Waals surface area contributed by atoms with Crippen LogP contribution in [0, 0.1) is 5.92 Å². The van der Waals surface area contributed by atoms with Crippen LogP contribution >= 0.6 is 0 Å². The fourth-order valence-electron chi connectivity index (χ4n) is 2.49. The summed E-state index contributed by atoms with van der Waals surface area (Å²) < 4.78 is 10.5. The van der Waals surface area contributed by atoms with Crippen molar-refractivity contribution in [2.75, 3.05) is 40.0 Å². The SMILES string of the molecule is CCC1CCN(CC(O)COC(C)COC)CC1. The first-order valence-electron chi connectivity index (χ1n) is 7.16. The van der Waals surface area contributed by atoms with E-state index in [1.54, 1.807) is 7.11 Å². The highest BCUT2D eigenvalue weighted by Crippen LogP contribution is 2.19. The largest absolute Gasteiger partial charge is 0.389 e. The van der Waals surface area contributed by atoms with Crippen LogP contribution in [0.3, 0.4) is 0 Å². The monoisotopic (exact) mass is 259 g/mol. The Labute approximate surface area is 111 Å². The number of nitrogens with zero attached hydrogens (tertiary/aromatic N) is 1. The van der Waals surface area contributed by atoms with Crippen LogP contribution in [-0.2, 0) is 9.47 Å². The Balaban J connectivity index is 2.11. The van der Waals surface area contributed by atoms with Crippen molar-refractivity contribution in [2.24, 2.45) is 5.92 Å². The molecule has 4 nitrogen and oxygen atoms in total. The molecule has 0 saturated carbocycles. The molecule has 2 atom stereocenters. The molecular formula is C14H29NO3. The molecule has 0 bridgehead atoms. The van der Waals surface area contributed by atoms with Crippen molar-refractivity contribution in [2.45, 2.75) is 45.3 Å². The summed E-state index contributed by atoms with van der Waals surface area (Å²) in [5.41, 5.74) is 0. The van der Waals surface area contributed by atoms with E-state index < -0.39 is 0 Å². The molecule has 0 amide bonds. The van der Waals surface area contributed by atoms with Crippen LogP contribution in [0.1, 0.15) is 33.1 Å². The molecule has 1 heterocycles. The van der Waals surface area contributed by atoms with Gasteiger partial charge in [-0.05, 0) is 38.8 Å². The number of hydrogen-bond donors (Lipinski definition) is 1. The average Bonchev–Trinajstić information content (AvgIpc) is 2.38. The zero-order chi connectivity index (χ0) is 13.4. The second-order valence-electron chi connectivity index (χ2n) is 5.41. The summed E-state index contributed by atoms with van der Waals surface area (Å²) in [5.74, 6) is 0.886. The van der Waals surface area contributed by atoms with Gasteiger partial charge in [-0.2, -0.15) is 0 Å². The summed E-state index contributed by atoms with van der Waals surface area (Å²) in [4.78, 5) is 2.35. The van der Waals surface area contributed by atoms with E-state index in [1.807, 2.05) is 6.92 Å². The third kappa shape index (κ3) is 6.14. The number of hydrogen-bond acceptors (Lipinski definition) is 4. The van der Waals surface area contributed by atoms with Crippen LogP contribution in [0.15, 0.2) is 0 Å². The molecule has 0 aromatic heterocycles. The zero-order valence-corrected chi connectivity index (χ0v) is 12.1. The highest BCUT2D eigenvalue weighted by atomic mass is 16.5. The van der Waals surface area contributed by atoms with Gasteiger partial charge in [0, 0.05) is 13.7 Å². The van der Waals surface area contributed by atoms with Gasteiger partial charge < -0.3 is 19.5 Å². The zero-order valence-electron chi connectivity index (χ0n) is 12.1. The first-order valence-corrected chi connectivity index (χ1v) is 7.16. The standard InChI is InChI=1S/C14H29NO3/c1-4-13-5-7-15(8-6-13)9-14(16)11-18-12(2)10-17-3/h12-14,16H,4-11H2,1-3H3. The van der Waals surface area contributed by atoms with Gasteiger partial charge in [0.15, 0.2) is 0 Å². The Morgan fingerprint density at radius 3 is 2.50 bits per heavy atom. The van der Waals surface area contributed by atoms with Gasteiger partial charge in [-0.3, -0.25) is 0 Å². The van der Waals surface area contributed by atoms with Gasteiger partial charge in [0.05, 0.1) is 25.4 Å². The van der Waals surface area contributed by atoms with Gasteiger partial charge >= 0.3 is 0 Å². The van der Waals surface area contributed by atoms with Crippen LogP contribution in [0.2, 0.25) is 0 Å². The van der Waals surface area contributed by atoms with Crippen molar-refractivity contribution >= 4 is 0 Å². The van der Waals surface area contributed by atoms with Crippen molar-refractivity contribution in [3.63, 3.8) is 0 Å². The molecule has 0 spiro atoms. The fourth-order valence-corrected chi connectivity index (χ4v) is 2.49. The lowest BCUT2D eigenvalue weighted by Crippen LogP contribution is -2.40. The van der Waals surface area contributed by atoms with Crippen molar-refractivity contribution in [1.29, 1.82) is 0 Å². The number of ether oxygens (including phenoxy) is 2. The Morgan fingerprint density at radius 1 is 1.28 bits per heavy atom. The summed E-state index contributed by atoms with van der Waals surface area (Å²) in [7, 11) is 1.66. The summed E-state index contributed by atoms with van der Waals surface area (Å²) >= 11 is 0. The normalized spacial score (nSPS) is 22.0. The highest BCUT2D eigenvalue weighted by Gasteiger charge is 2.20. The number of aliphatic hydroxyl groups is 1. The predicted molar refractivity (Wildman–Crippen MR) is 72.8 cm³/mol. The molecule has 18 heavy (non-hydrogen) atoms. The number of likely N-dealkylation sites (tertiary alicyclic amines) is 1. The topological polar surface area (TPSA) is 41.9 Å². The molecule has 0 aromatic carbocycles. The molecule has 0 aliphatic carbocycles. The van der Waals surface area contributed by atoms with E-state index in [2.05, 4.69) is 11.8 Å². The third-order valence-corrected chi connectivity index (χ3v) is 3.73. The minimum Gasteiger partial charge on any atom is -0.389 e. The van der Waals surface area contributed by atoms with Crippen molar-refractivity contribution in [3.05, 3.63) is 0 Å². The third-order valence-electron chi connectivity index (χ3n) is 3.73. The number of rotatable bonds is 8. The van der Waals surface area contributed by atoms with Crippen LogP contribution < -0.4 is 0 Å². The predicted octanol–water partition coefficient (Wildman–Crippen LogP) is 1.52. The maximum Gasteiger partial charge on any atom is 0.0900 e. The highest BCUT2D eigenvalue weighted by molar-refractivity contribution is 4.73. The van der Waals surface area contributed by atoms with E-state index in [0.29, 0.717) is 13.2 Å². The lowest BCUT2D eigenvalue weighted by Gasteiger charge is -2.32. The van der Waals surface area contributed by atoms with Crippen LogP contribution in [0.5, 0.6) is 0 Å². The van der Waals surface area contributed by atoms with Gasteiger partial charge in [0.1, 0.15) is 0 Å². The van der Waals surface area contributed by atoms with Gasteiger partial charge in [0.25, 0.3) is 0 Å². The summed E-state index contributed by atoms with van der Waals surface area (Å²) in [5, 5.41) is 9.93. The summed E-state index contributed by atoms with van der Waals surface area (Å²) in [6, 6.07) is 0. The van der Waals surface area contributed by atoms with Gasteiger partial charge in [-0.15, -0.1) is 0 Å². The molecular weight excluding hydrogens is 230 g/mol. The van der Waals surface area contributed by atoms with E-state index >= 15 is 0 Å². The lowest BCUT2D eigenvalue weighted by molar-refractivity contribution is -0.0417. The van der Waals surface area contributed by atoms with E-state index in [9.17, 15) is 5.11 Å². The van der Waals surface area contributed by atoms with Crippen molar-refractivity contribution in [1.82, 2.24) is 4.90 Å². The molecule has 1 aliphatic rings. The number of aliphatic hydroxyl groups excluding tert-OH is 1. The van der Waals surface area contributed by atoms with Crippen LogP contribution in [0.4, 0.5) is 0 Å². The quantitative estimate of drug-likeness (QED) is 0.717. The van der Waals surface area contributed by atoms with E-state index in [4.69, 9.17) is 9.47 Å². The maximum absolute atomic E-state index is 9.93. The smallest absolute Gasteiger partial charge is 0.0900 e. The van der Waals surface area contributed by atoms with Crippen LogP contribution in [-0.4, -0.2) is 62.2 Å². The molecule has 1 rings (SSSR count). The molecule has 1 saturated heterocycles. The van der Waals surface area contributed by atoms with Gasteiger partial charge in [0.2, 0.25) is 0 Å². The average molecular weight is 259 g/mol. The second-order valence-corrected chi connectivity index (χ2v) is 5.41. The van der Waals surface area contributed by atoms with Crippen molar-refractivity contribution < 1.29 is 14.6 Å². The van der Waals surface area contributed by atoms with Crippen molar-refractivity contribution in [3.8, 4) is 0 Å². The molecule has 4 heteroatoms. The minimum absolute atomic E-state index is 0.0514. The Bertz CT molecular complexity index is 205.